The first-order chi connectivity index (χ1) is 9.34. The van der Waals surface area contributed by atoms with Gasteiger partial charge in [-0.1, -0.05) is 39.0 Å². The molecule has 0 aliphatic rings. The molecule has 2 amide bonds. The molecule has 1 rings (SSSR count). The average molecular weight is 278 g/mol. The van der Waals surface area contributed by atoms with Crippen LogP contribution in [0, 0.1) is 5.41 Å². The summed E-state index contributed by atoms with van der Waals surface area (Å²) < 4.78 is 0. The summed E-state index contributed by atoms with van der Waals surface area (Å²) in [5.74, 6) is -0.277. The van der Waals surface area contributed by atoms with Crippen molar-refractivity contribution in [1.82, 2.24) is 5.32 Å². The zero-order chi connectivity index (χ0) is 15.2. The minimum Gasteiger partial charge on any atom is -0.392 e. The van der Waals surface area contributed by atoms with Crippen molar-refractivity contribution >= 4 is 17.5 Å². The molecule has 0 aromatic heterocycles. The Hall–Kier alpha value is -1.88. The Morgan fingerprint density at radius 2 is 1.85 bits per heavy atom. The maximum atomic E-state index is 11.8. The summed E-state index contributed by atoms with van der Waals surface area (Å²) in [6, 6.07) is 7.06. The lowest BCUT2D eigenvalue weighted by molar-refractivity contribution is -0.128. The molecule has 20 heavy (non-hydrogen) atoms. The molecule has 3 N–H and O–H groups in total. The molecule has 0 spiro atoms. The van der Waals surface area contributed by atoms with Gasteiger partial charge in [-0.2, -0.15) is 0 Å². The fraction of sp³-hybridized carbons (Fsp3) is 0.467. The maximum absolute atomic E-state index is 11.8. The van der Waals surface area contributed by atoms with Crippen LogP contribution < -0.4 is 10.6 Å². The number of benzene rings is 1. The van der Waals surface area contributed by atoms with Crippen LogP contribution in [0.3, 0.4) is 0 Å². The van der Waals surface area contributed by atoms with Gasteiger partial charge in [0.1, 0.15) is 0 Å². The molecule has 0 aliphatic carbocycles. The number of rotatable bonds is 5. The topological polar surface area (TPSA) is 78.4 Å². The first-order valence-electron chi connectivity index (χ1n) is 6.61. The van der Waals surface area contributed by atoms with Crippen molar-refractivity contribution in [3.8, 4) is 0 Å². The van der Waals surface area contributed by atoms with Crippen molar-refractivity contribution in [2.24, 2.45) is 5.41 Å². The lowest BCUT2D eigenvalue weighted by Crippen LogP contribution is -2.36. The van der Waals surface area contributed by atoms with E-state index in [2.05, 4.69) is 10.6 Å². The second kappa shape index (κ2) is 7.05. The number of aliphatic hydroxyl groups excluding tert-OH is 1. The van der Waals surface area contributed by atoms with Crippen LogP contribution in [-0.4, -0.2) is 23.5 Å². The third-order valence-corrected chi connectivity index (χ3v) is 2.78. The summed E-state index contributed by atoms with van der Waals surface area (Å²) in [4.78, 5) is 23.4. The molecule has 0 fully saturated rings. The highest BCUT2D eigenvalue weighted by Gasteiger charge is 2.20. The van der Waals surface area contributed by atoms with Crippen LogP contribution in [-0.2, 0) is 16.2 Å². The van der Waals surface area contributed by atoms with Crippen molar-refractivity contribution in [2.75, 3.05) is 11.9 Å². The summed E-state index contributed by atoms with van der Waals surface area (Å²) in [5, 5.41) is 14.6. The van der Waals surface area contributed by atoms with Crippen LogP contribution >= 0.6 is 0 Å². The molecule has 0 atom stereocenters. The van der Waals surface area contributed by atoms with Crippen LogP contribution in [0.25, 0.3) is 0 Å². The Morgan fingerprint density at radius 1 is 1.20 bits per heavy atom. The molecule has 0 saturated carbocycles. The SMILES string of the molecule is CC(C)(C)C(=O)NCCC(=O)Nc1ccccc1CO. The zero-order valence-corrected chi connectivity index (χ0v) is 12.2. The van der Waals surface area contributed by atoms with E-state index < -0.39 is 5.41 Å². The number of carbonyl (C=O) groups excluding carboxylic acids is 2. The second-order valence-corrected chi connectivity index (χ2v) is 5.62. The highest BCUT2D eigenvalue weighted by Crippen LogP contribution is 2.15. The second-order valence-electron chi connectivity index (χ2n) is 5.62. The molecule has 1 aromatic carbocycles. The van der Waals surface area contributed by atoms with Crippen molar-refractivity contribution in [2.45, 2.75) is 33.8 Å². The van der Waals surface area contributed by atoms with E-state index in [1.54, 1.807) is 24.3 Å². The zero-order valence-electron chi connectivity index (χ0n) is 12.2. The fourth-order valence-corrected chi connectivity index (χ4v) is 1.55. The number of anilines is 1. The Balaban J connectivity index is 2.43. The average Bonchev–Trinajstić information content (AvgIpc) is 2.38. The number of hydrogen-bond donors (Lipinski definition) is 3. The van der Waals surface area contributed by atoms with Gasteiger partial charge in [0.05, 0.1) is 6.61 Å². The monoisotopic (exact) mass is 278 g/mol. The van der Waals surface area contributed by atoms with Crippen molar-refractivity contribution in [3.05, 3.63) is 29.8 Å². The molecule has 0 saturated heterocycles. The highest BCUT2D eigenvalue weighted by molar-refractivity contribution is 5.92. The highest BCUT2D eigenvalue weighted by atomic mass is 16.3. The van der Waals surface area contributed by atoms with E-state index in [4.69, 9.17) is 5.11 Å². The summed E-state index contributed by atoms with van der Waals surface area (Å²) in [7, 11) is 0. The van der Waals surface area contributed by atoms with Gasteiger partial charge in [0.25, 0.3) is 0 Å². The number of carbonyl (C=O) groups is 2. The molecule has 0 aliphatic heterocycles. The van der Waals surface area contributed by atoms with Gasteiger partial charge in [-0.15, -0.1) is 0 Å². The smallest absolute Gasteiger partial charge is 0.226 e. The lowest BCUT2D eigenvalue weighted by Gasteiger charge is -2.17. The van der Waals surface area contributed by atoms with E-state index >= 15 is 0 Å². The van der Waals surface area contributed by atoms with E-state index in [1.165, 1.54) is 0 Å². The molecule has 1 aromatic rings. The molecular weight excluding hydrogens is 256 g/mol. The van der Waals surface area contributed by atoms with Crippen LogP contribution in [0.1, 0.15) is 32.8 Å². The van der Waals surface area contributed by atoms with E-state index in [0.29, 0.717) is 17.8 Å². The summed E-state index contributed by atoms with van der Waals surface area (Å²) >= 11 is 0. The van der Waals surface area contributed by atoms with E-state index in [0.717, 1.165) is 0 Å². The minimum absolute atomic E-state index is 0.0824. The van der Waals surface area contributed by atoms with E-state index in [1.807, 2.05) is 20.8 Å². The van der Waals surface area contributed by atoms with E-state index in [9.17, 15) is 9.59 Å². The molecule has 5 nitrogen and oxygen atoms in total. The fourth-order valence-electron chi connectivity index (χ4n) is 1.55. The summed E-state index contributed by atoms with van der Waals surface area (Å²) in [6.07, 6.45) is 0.196. The van der Waals surface area contributed by atoms with Gasteiger partial charge in [-0.3, -0.25) is 9.59 Å². The van der Waals surface area contributed by atoms with Crippen LogP contribution in [0.15, 0.2) is 24.3 Å². The third kappa shape index (κ3) is 5.01. The number of nitrogens with one attached hydrogen (secondary N) is 2. The van der Waals surface area contributed by atoms with Gasteiger partial charge in [0, 0.05) is 29.6 Å². The lowest BCUT2D eigenvalue weighted by atomic mass is 9.96. The molecule has 0 unspecified atom stereocenters. The van der Waals surface area contributed by atoms with Gasteiger partial charge >= 0.3 is 0 Å². The Kier molecular flexibility index (Phi) is 5.70. The minimum atomic E-state index is -0.458. The molecular formula is C15H22N2O3. The maximum Gasteiger partial charge on any atom is 0.226 e. The predicted molar refractivity (Wildman–Crippen MR) is 78.1 cm³/mol. The standard InChI is InChI=1S/C15H22N2O3/c1-15(2,3)14(20)16-9-8-13(19)17-12-7-5-4-6-11(12)10-18/h4-7,18H,8-10H2,1-3H3,(H,16,20)(H,17,19). The molecule has 0 radical (unpaired) electrons. The van der Waals surface area contributed by atoms with Gasteiger partial charge < -0.3 is 15.7 Å². The number of aliphatic hydroxyl groups is 1. The van der Waals surface area contributed by atoms with Crippen molar-refractivity contribution in [3.63, 3.8) is 0 Å². The van der Waals surface area contributed by atoms with Gasteiger partial charge in [-0.05, 0) is 6.07 Å². The van der Waals surface area contributed by atoms with Crippen molar-refractivity contribution in [1.29, 1.82) is 0 Å². The summed E-state index contributed by atoms with van der Waals surface area (Å²) in [5.41, 5.74) is 0.807. The number of amides is 2. The predicted octanol–water partition coefficient (Wildman–Crippen LogP) is 1.67. The molecule has 0 bridgehead atoms. The van der Waals surface area contributed by atoms with Crippen LogP contribution in [0.4, 0.5) is 5.69 Å². The number of para-hydroxylation sites is 1. The molecule has 0 heterocycles. The van der Waals surface area contributed by atoms with E-state index in [-0.39, 0.29) is 24.8 Å². The first-order valence-corrected chi connectivity index (χ1v) is 6.61. The van der Waals surface area contributed by atoms with Gasteiger partial charge in [0.2, 0.25) is 11.8 Å². The normalized spacial score (nSPS) is 11.0. The number of hydrogen-bond acceptors (Lipinski definition) is 3. The van der Waals surface area contributed by atoms with Gasteiger partial charge in [-0.25, -0.2) is 0 Å². The van der Waals surface area contributed by atoms with Crippen LogP contribution in [0.2, 0.25) is 0 Å². The Labute approximate surface area is 119 Å². The van der Waals surface area contributed by atoms with Gasteiger partial charge in [0.15, 0.2) is 0 Å². The van der Waals surface area contributed by atoms with Crippen LogP contribution in [0.5, 0.6) is 0 Å². The Bertz CT molecular complexity index is 478. The molecule has 110 valence electrons. The van der Waals surface area contributed by atoms with Crippen molar-refractivity contribution < 1.29 is 14.7 Å². The first kappa shape index (κ1) is 16.2. The quantitative estimate of drug-likeness (QED) is 0.766. The summed E-state index contributed by atoms with van der Waals surface area (Å²) in [6.45, 7) is 5.63. The Morgan fingerprint density at radius 3 is 2.45 bits per heavy atom. The molecule has 5 heteroatoms. The largest absolute Gasteiger partial charge is 0.392 e. The third-order valence-electron chi connectivity index (χ3n) is 2.78.